The summed E-state index contributed by atoms with van der Waals surface area (Å²) >= 11 is 2.10. The van der Waals surface area contributed by atoms with Crippen molar-refractivity contribution < 1.29 is 19.0 Å². The summed E-state index contributed by atoms with van der Waals surface area (Å²) in [7, 11) is 0. The molecular weight excluding hydrogens is 299 g/mol. The number of halogens is 1. The molecule has 2 heterocycles. The van der Waals surface area contributed by atoms with Crippen molar-refractivity contribution in [2.45, 2.75) is 42.2 Å². The largest absolute Gasteiger partial charge is 0.459 e. The zero-order valence-electron chi connectivity index (χ0n) is 8.16. The predicted molar refractivity (Wildman–Crippen MR) is 57.2 cm³/mol. The van der Waals surface area contributed by atoms with Crippen LogP contribution in [0.5, 0.6) is 0 Å². The molecule has 0 spiro atoms. The fraction of sp³-hybridized carbons (Fsp3) is 0.889. The second-order valence-corrected chi connectivity index (χ2v) is 5.55. The van der Waals surface area contributed by atoms with Crippen molar-refractivity contribution in [2.24, 2.45) is 0 Å². The van der Waals surface area contributed by atoms with Crippen molar-refractivity contribution in [2.75, 3.05) is 6.61 Å². The van der Waals surface area contributed by atoms with Gasteiger partial charge in [0, 0.05) is 6.42 Å². The van der Waals surface area contributed by atoms with Crippen molar-refractivity contribution in [3.63, 3.8) is 0 Å². The molecule has 2 rings (SSSR count). The molecule has 2 saturated heterocycles. The van der Waals surface area contributed by atoms with Gasteiger partial charge < -0.3 is 14.2 Å². The Balaban J connectivity index is 1.95. The molecule has 0 bridgehead atoms. The second kappa shape index (κ2) is 3.61. The van der Waals surface area contributed by atoms with Crippen molar-refractivity contribution in [1.82, 2.24) is 0 Å². The molecule has 0 N–H and O–H groups in total. The molecule has 0 radical (unpaired) electrons. The predicted octanol–water partition coefficient (Wildman–Crippen LogP) is 1.26. The molecule has 4 nitrogen and oxygen atoms in total. The first-order chi connectivity index (χ1) is 6.48. The summed E-state index contributed by atoms with van der Waals surface area (Å²) in [6.07, 6.45) is 0.489. The van der Waals surface area contributed by atoms with E-state index in [0.717, 1.165) is 6.42 Å². The molecule has 0 aromatic heterocycles. The van der Waals surface area contributed by atoms with Gasteiger partial charge in [0.25, 0.3) is 0 Å². The van der Waals surface area contributed by atoms with Crippen molar-refractivity contribution in [1.29, 1.82) is 0 Å². The summed E-state index contributed by atoms with van der Waals surface area (Å²) in [4.78, 5) is 11.2. The highest BCUT2D eigenvalue weighted by molar-refractivity contribution is 14.1. The average molecular weight is 312 g/mol. The van der Waals surface area contributed by atoms with Crippen LogP contribution in [0.15, 0.2) is 0 Å². The van der Waals surface area contributed by atoms with Gasteiger partial charge in [-0.05, 0) is 13.8 Å². The molecule has 0 amide bonds. The average Bonchev–Trinajstić information content (AvgIpc) is 2.57. The van der Waals surface area contributed by atoms with E-state index in [1.165, 1.54) is 0 Å². The number of ether oxygens (including phenoxy) is 3. The third-order valence-electron chi connectivity index (χ3n) is 2.41. The van der Waals surface area contributed by atoms with Gasteiger partial charge in [-0.25, -0.2) is 0 Å². The van der Waals surface area contributed by atoms with E-state index >= 15 is 0 Å². The van der Waals surface area contributed by atoms with Gasteiger partial charge in [-0.3, -0.25) is 4.79 Å². The van der Waals surface area contributed by atoms with Crippen LogP contribution in [-0.2, 0) is 19.0 Å². The minimum Gasteiger partial charge on any atom is -0.459 e. The number of cyclic esters (lactones) is 1. The normalized spacial score (nSPS) is 41.4. The maximum absolute atomic E-state index is 11.2. The molecule has 0 aromatic carbocycles. The van der Waals surface area contributed by atoms with Crippen LogP contribution in [0.1, 0.15) is 20.3 Å². The van der Waals surface area contributed by atoms with Gasteiger partial charge in [0.2, 0.25) is 0 Å². The molecule has 80 valence electrons. The maximum atomic E-state index is 11.2. The van der Waals surface area contributed by atoms with Crippen LogP contribution in [0, 0.1) is 0 Å². The Morgan fingerprint density at radius 1 is 1.43 bits per heavy atom. The van der Waals surface area contributed by atoms with E-state index in [9.17, 15) is 4.79 Å². The highest BCUT2D eigenvalue weighted by Crippen LogP contribution is 2.31. The monoisotopic (exact) mass is 312 g/mol. The Morgan fingerprint density at radius 2 is 2.14 bits per heavy atom. The lowest BCUT2D eigenvalue weighted by atomic mass is 10.1. The van der Waals surface area contributed by atoms with E-state index in [1.807, 2.05) is 13.8 Å². The molecule has 0 aromatic rings. The first kappa shape index (κ1) is 10.6. The standard InChI is InChI=1S/C9H13IO4/c1-9(2)12-4-7(14-9)6-3-5(10)8(11)13-6/h5-7H,3-4H2,1-2H3/t5-,6+,7+/m1/s1. The minimum atomic E-state index is -0.541. The number of esters is 1. The van der Waals surface area contributed by atoms with Crippen LogP contribution in [0.4, 0.5) is 0 Å². The Kier molecular flexibility index (Phi) is 2.74. The van der Waals surface area contributed by atoms with Gasteiger partial charge in [0.15, 0.2) is 5.79 Å². The fourth-order valence-corrected chi connectivity index (χ4v) is 2.35. The Labute approximate surface area is 96.4 Å². The quantitative estimate of drug-likeness (QED) is 0.415. The number of alkyl halides is 1. The van der Waals surface area contributed by atoms with Crippen molar-refractivity contribution in [3.8, 4) is 0 Å². The minimum absolute atomic E-state index is 0.0371. The van der Waals surface area contributed by atoms with Gasteiger partial charge in [-0.15, -0.1) is 0 Å². The second-order valence-electron chi connectivity index (χ2n) is 4.05. The molecule has 0 saturated carbocycles. The van der Waals surface area contributed by atoms with Gasteiger partial charge in [-0.1, -0.05) is 22.6 Å². The molecule has 2 aliphatic heterocycles. The molecule has 14 heavy (non-hydrogen) atoms. The van der Waals surface area contributed by atoms with Crippen LogP contribution in [0.3, 0.4) is 0 Å². The molecule has 0 unspecified atom stereocenters. The number of hydrogen-bond acceptors (Lipinski definition) is 4. The lowest BCUT2D eigenvalue weighted by Gasteiger charge is -2.19. The fourth-order valence-electron chi connectivity index (χ4n) is 1.70. The molecule has 0 aliphatic carbocycles. The molecule has 2 aliphatic rings. The smallest absolute Gasteiger partial charge is 0.319 e. The van der Waals surface area contributed by atoms with E-state index in [4.69, 9.17) is 14.2 Å². The van der Waals surface area contributed by atoms with Gasteiger partial charge in [-0.2, -0.15) is 0 Å². The third-order valence-corrected chi connectivity index (χ3v) is 3.42. The van der Waals surface area contributed by atoms with Crippen molar-refractivity contribution >= 4 is 28.6 Å². The van der Waals surface area contributed by atoms with Crippen LogP contribution in [0.25, 0.3) is 0 Å². The lowest BCUT2D eigenvalue weighted by Crippen LogP contribution is -2.30. The van der Waals surface area contributed by atoms with E-state index in [0.29, 0.717) is 6.61 Å². The summed E-state index contributed by atoms with van der Waals surface area (Å²) < 4.78 is 16.2. The first-order valence-electron chi connectivity index (χ1n) is 4.64. The van der Waals surface area contributed by atoms with Crippen LogP contribution >= 0.6 is 22.6 Å². The summed E-state index contributed by atoms with van der Waals surface area (Å²) in [6.45, 7) is 4.24. The highest BCUT2D eigenvalue weighted by atomic mass is 127. The van der Waals surface area contributed by atoms with Crippen LogP contribution < -0.4 is 0 Å². The lowest BCUT2D eigenvalue weighted by molar-refractivity contribution is -0.161. The summed E-state index contributed by atoms with van der Waals surface area (Å²) in [5, 5.41) is 0. The summed E-state index contributed by atoms with van der Waals surface area (Å²) in [5.74, 6) is -0.677. The summed E-state index contributed by atoms with van der Waals surface area (Å²) in [5.41, 5.74) is 0. The Bertz CT molecular complexity index is 253. The zero-order chi connectivity index (χ0) is 10.3. The van der Waals surface area contributed by atoms with E-state index < -0.39 is 5.79 Å². The summed E-state index contributed by atoms with van der Waals surface area (Å²) in [6, 6.07) is 0. The number of carbonyl (C=O) groups excluding carboxylic acids is 1. The molecule has 2 fully saturated rings. The topological polar surface area (TPSA) is 44.8 Å². The molecule has 3 atom stereocenters. The SMILES string of the molecule is CC1(C)OC[C@@H]([C@@H]2C[C@@H](I)C(=O)O2)O1. The number of rotatable bonds is 1. The van der Waals surface area contributed by atoms with Gasteiger partial charge in [0.1, 0.15) is 16.1 Å². The van der Waals surface area contributed by atoms with Gasteiger partial charge >= 0.3 is 5.97 Å². The van der Waals surface area contributed by atoms with Crippen LogP contribution in [0.2, 0.25) is 0 Å². The molecular formula is C9H13IO4. The van der Waals surface area contributed by atoms with Crippen molar-refractivity contribution in [3.05, 3.63) is 0 Å². The van der Waals surface area contributed by atoms with Crippen LogP contribution in [-0.4, -0.2) is 34.5 Å². The Morgan fingerprint density at radius 3 is 2.57 bits per heavy atom. The van der Waals surface area contributed by atoms with E-state index in [1.54, 1.807) is 0 Å². The van der Waals surface area contributed by atoms with E-state index in [2.05, 4.69) is 22.6 Å². The zero-order valence-corrected chi connectivity index (χ0v) is 10.3. The highest BCUT2D eigenvalue weighted by Gasteiger charge is 2.44. The number of hydrogen-bond donors (Lipinski definition) is 0. The van der Waals surface area contributed by atoms with Gasteiger partial charge in [0.05, 0.1) is 6.61 Å². The third kappa shape index (κ3) is 2.04. The number of carbonyl (C=O) groups is 1. The first-order valence-corrected chi connectivity index (χ1v) is 5.89. The molecule has 5 heteroatoms. The van der Waals surface area contributed by atoms with E-state index in [-0.39, 0.29) is 22.1 Å². The maximum Gasteiger partial charge on any atom is 0.319 e. The Hall–Kier alpha value is 0.120.